The normalized spacial score (nSPS) is 13.1. The van der Waals surface area contributed by atoms with Gasteiger partial charge in [0.05, 0.1) is 22.5 Å². The van der Waals surface area contributed by atoms with Crippen molar-refractivity contribution in [3.8, 4) is 0 Å². The lowest BCUT2D eigenvalue weighted by atomic mass is 10.2. The van der Waals surface area contributed by atoms with E-state index in [0.717, 1.165) is 11.8 Å². The number of nitrogens with two attached hydrogens (primary N) is 1. The molecule has 1 amide bonds. The lowest BCUT2D eigenvalue weighted by Gasteiger charge is -2.13. The van der Waals surface area contributed by atoms with Crippen molar-refractivity contribution < 1.29 is 13.2 Å². The summed E-state index contributed by atoms with van der Waals surface area (Å²) in [7, 11) is -3.13. The highest BCUT2D eigenvalue weighted by molar-refractivity contribution is 7.90. The number of amides is 1. The number of carbonyl (C=O) groups excluding carboxylic acids is 1. The summed E-state index contributed by atoms with van der Waals surface area (Å²) in [4.78, 5) is 11.8. The van der Waals surface area contributed by atoms with Crippen LogP contribution >= 0.6 is 11.6 Å². The van der Waals surface area contributed by atoms with E-state index in [0.29, 0.717) is 10.7 Å². The minimum Gasteiger partial charge on any atom is -0.323 e. The Labute approximate surface area is 118 Å². The fourth-order valence-corrected chi connectivity index (χ4v) is 2.38. The molecule has 1 atom stereocenters. The maximum atomic E-state index is 11.8. The number of sulfone groups is 1. The predicted octanol–water partition coefficient (Wildman–Crippen LogP) is 1.35. The Kier molecular flexibility index (Phi) is 5.34. The summed E-state index contributed by atoms with van der Waals surface area (Å²) in [5, 5.41) is 3.00. The molecule has 1 unspecified atom stereocenters. The van der Waals surface area contributed by atoms with Gasteiger partial charge >= 0.3 is 0 Å². The number of halogens is 1. The van der Waals surface area contributed by atoms with Gasteiger partial charge < -0.3 is 11.1 Å². The first kappa shape index (κ1) is 15.9. The van der Waals surface area contributed by atoms with E-state index in [-0.39, 0.29) is 12.2 Å². The van der Waals surface area contributed by atoms with E-state index in [1.54, 1.807) is 12.1 Å². The molecule has 0 radical (unpaired) electrons. The number of aryl methyl sites for hydroxylation is 1. The summed E-state index contributed by atoms with van der Waals surface area (Å²) >= 11 is 5.98. The zero-order valence-electron chi connectivity index (χ0n) is 10.8. The van der Waals surface area contributed by atoms with E-state index in [4.69, 9.17) is 17.3 Å². The first-order chi connectivity index (χ1) is 8.69. The van der Waals surface area contributed by atoms with Gasteiger partial charge in [-0.1, -0.05) is 17.7 Å². The van der Waals surface area contributed by atoms with Gasteiger partial charge in [-0.2, -0.15) is 0 Å². The van der Waals surface area contributed by atoms with Crippen molar-refractivity contribution in [2.24, 2.45) is 5.73 Å². The van der Waals surface area contributed by atoms with Crippen molar-refractivity contribution in [3.05, 3.63) is 28.8 Å². The van der Waals surface area contributed by atoms with Crippen LogP contribution in [0.5, 0.6) is 0 Å². The van der Waals surface area contributed by atoms with Crippen LogP contribution in [0.2, 0.25) is 5.02 Å². The van der Waals surface area contributed by atoms with Gasteiger partial charge in [0.25, 0.3) is 0 Å². The number of nitrogens with one attached hydrogen (secondary N) is 1. The van der Waals surface area contributed by atoms with Crippen molar-refractivity contribution in [3.63, 3.8) is 0 Å². The highest BCUT2D eigenvalue weighted by atomic mass is 35.5. The summed E-state index contributed by atoms with van der Waals surface area (Å²) in [5.41, 5.74) is 7.07. The molecule has 0 heterocycles. The molecule has 1 aromatic carbocycles. The minimum atomic E-state index is -3.13. The van der Waals surface area contributed by atoms with Crippen LogP contribution < -0.4 is 11.1 Å². The van der Waals surface area contributed by atoms with E-state index in [2.05, 4.69) is 5.32 Å². The van der Waals surface area contributed by atoms with Gasteiger partial charge in [0.15, 0.2) is 0 Å². The first-order valence-corrected chi connectivity index (χ1v) is 8.13. The molecule has 1 rings (SSSR count). The Bertz CT molecular complexity index is 572. The van der Waals surface area contributed by atoms with Gasteiger partial charge in [0.1, 0.15) is 9.84 Å². The lowest BCUT2D eigenvalue weighted by molar-refractivity contribution is -0.117. The molecule has 0 saturated heterocycles. The number of hydrogen-bond donors (Lipinski definition) is 2. The van der Waals surface area contributed by atoms with Gasteiger partial charge in [-0.25, -0.2) is 8.42 Å². The largest absolute Gasteiger partial charge is 0.323 e. The molecule has 19 heavy (non-hydrogen) atoms. The molecule has 0 saturated carbocycles. The number of anilines is 1. The average Bonchev–Trinajstić information content (AvgIpc) is 2.28. The Balaban J connectivity index is 2.64. The molecule has 0 aliphatic carbocycles. The molecule has 0 aromatic heterocycles. The highest BCUT2D eigenvalue weighted by Crippen LogP contribution is 2.22. The van der Waals surface area contributed by atoms with Gasteiger partial charge in [-0.15, -0.1) is 0 Å². The van der Waals surface area contributed by atoms with Crippen molar-refractivity contribution >= 4 is 33.0 Å². The van der Waals surface area contributed by atoms with Crippen LogP contribution in [0.15, 0.2) is 18.2 Å². The second kappa shape index (κ2) is 6.36. The average molecular weight is 305 g/mol. The molecule has 0 aliphatic heterocycles. The Hall–Kier alpha value is -1.11. The maximum absolute atomic E-state index is 11.8. The SMILES string of the molecule is Cc1ccc(NC(=O)C(N)CCS(C)(=O)=O)c(Cl)c1. The summed E-state index contributed by atoms with van der Waals surface area (Å²) in [6.45, 7) is 1.88. The molecule has 0 aliphatic rings. The molecular weight excluding hydrogens is 288 g/mol. The van der Waals surface area contributed by atoms with Crippen LogP contribution in [-0.4, -0.2) is 32.4 Å². The molecule has 0 bridgehead atoms. The van der Waals surface area contributed by atoms with Gasteiger partial charge in [-0.05, 0) is 31.0 Å². The third-order valence-electron chi connectivity index (χ3n) is 2.52. The third-order valence-corrected chi connectivity index (χ3v) is 3.81. The first-order valence-electron chi connectivity index (χ1n) is 5.69. The zero-order valence-corrected chi connectivity index (χ0v) is 12.4. The molecular formula is C12H17ClN2O3S. The van der Waals surface area contributed by atoms with E-state index in [1.807, 2.05) is 13.0 Å². The van der Waals surface area contributed by atoms with Crippen LogP contribution in [0.1, 0.15) is 12.0 Å². The summed E-state index contributed by atoms with van der Waals surface area (Å²) in [6, 6.07) is 4.33. The van der Waals surface area contributed by atoms with E-state index < -0.39 is 21.8 Å². The second-order valence-electron chi connectivity index (χ2n) is 4.50. The second-order valence-corrected chi connectivity index (χ2v) is 7.16. The molecule has 0 spiro atoms. The van der Waals surface area contributed by atoms with Crippen LogP contribution in [0, 0.1) is 6.92 Å². The minimum absolute atomic E-state index is 0.0775. The topological polar surface area (TPSA) is 89.3 Å². The van der Waals surface area contributed by atoms with Crippen LogP contribution in [0.3, 0.4) is 0 Å². The van der Waals surface area contributed by atoms with Gasteiger partial charge in [0, 0.05) is 6.26 Å². The van der Waals surface area contributed by atoms with Crippen molar-refractivity contribution in [2.75, 3.05) is 17.3 Å². The highest BCUT2D eigenvalue weighted by Gasteiger charge is 2.17. The number of rotatable bonds is 5. The fraction of sp³-hybridized carbons (Fsp3) is 0.417. The standard InChI is InChI=1S/C12H17ClN2O3S/c1-8-3-4-11(9(13)7-8)15-12(16)10(14)5-6-19(2,17)18/h3-4,7,10H,5-6,14H2,1-2H3,(H,15,16). The third kappa shape index (κ3) is 5.59. The number of benzene rings is 1. The van der Waals surface area contributed by atoms with Crippen LogP contribution in [-0.2, 0) is 14.6 Å². The van der Waals surface area contributed by atoms with Crippen molar-refractivity contribution in [1.29, 1.82) is 0 Å². The molecule has 3 N–H and O–H groups in total. The maximum Gasteiger partial charge on any atom is 0.241 e. The summed E-state index contributed by atoms with van der Waals surface area (Å²) < 4.78 is 22.0. The van der Waals surface area contributed by atoms with Crippen molar-refractivity contribution in [1.82, 2.24) is 0 Å². The fourth-order valence-electron chi connectivity index (χ4n) is 1.42. The van der Waals surface area contributed by atoms with E-state index >= 15 is 0 Å². The quantitative estimate of drug-likeness (QED) is 0.859. The van der Waals surface area contributed by atoms with E-state index in [9.17, 15) is 13.2 Å². The van der Waals surface area contributed by atoms with Crippen LogP contribution in [0.4, 0.5) is 5.69 Å². The molecule has 106 valence electrons. The van der Waals surface area contributed by atoms with E-state index in [1.165, 1.54) is 0 Å². The monoisotopic (exact) mass is 304 g/mol. The molecule has 7 heteroatoms. The van der Waals surface area contributed by atoms with Crippen molar-refractivity contribution in [2.45, 2.75) is 19.4 Å². The smallest absolute Gasteiger partial charge is 0.241 e. The molecule has 5 nitrogen and oxygen atoms in total. The Morgan fingerprint density at radius 2 is 2.11 bits per heavy atom. The molecule has 0 fully saturated rings. The summed E-state index contributed by atoms with van der Waals surface area (Å²) in [5.74, 6) is -0.571. The Morgan fingerprint density at radius 3 is 2.63 bits per heavy atom. The molecule has 1 aromatic rings. The number of carbonyl (C=O) groups is 1. The predicted molar refractivity (Wildman–Crippen MR) is 77.1 cm³/mol. The number of hydrogen-bond acceptors (Lipinski definition) is 4. The Morgan fingerprint density at radius 1 is 1.47 bits per heavy atom. The lowest BCUT2D eigenvalue weighted by Crippen LogP contribution is -2.37. The van der Waals surface area contributed by atoms with Gasteiger partial charge in [-0.3, -0.25) is 4.79 Å². The van der Waals surface area contributed by atoms with Crippen LogP contribution in [0.25, 0.3) is 0 Å². The summed E-state index contributed by atoms with van der Waals surface area (Å²) in [6.07, 6.45) is 1.18. The zero-order chi connectivity index (χ0) is 14.6. The van der Waals surface area contributed by atoms with Gasteiger partial charge in [0.2, 0.25) is 5.91 Å².